The summed E-state index contributed by atoms with van der Waals surface area (Å²) in [6, 6.07) is 15.8. The first-order chi connectivity index (χ1) is 13.3. The molecule has 0 radical (unpaired) electrons. The van der Waals surface area contributed by atoms with Gasteiger partial charge in [-0.3, -0.25) is 9.10 Å². The molecule has 0 fully saturated rings. The van der Waals surface area contributed by atoms with E-state index in [0.717, 1.165) is 22.1 Å². The highest BCUT2D eigenvalue weighted by Crippen LogP contribution is 2.23. The Hall–Kier alpha value is -2.19. The molecule has 0 aliphatic rings. The molecular formula is C20H26N2O4S2. The number of anilines is 1. The molecule has 8 heteroatoms. The van der Waals surface area contributed by atoms with Gasteiger partial charge in [0.05, 0.1) is 19.1 Å². The number of rotatable bonds is 10. The molecule has 0 bridgehead atoms. The van der Waals surface area contributed by atoms with E-state index in [1.807, 2.05) is 18.2 Å². The van der Waals surface area contributed by atoms with E-state index in [2.05, 4.69) is 17.4 Å². The fraction of sp³-hybridized carbons (Fsp3) is 0.350. The molecule has 0 saturated carbocycles. The van der Waals surface area contributed by atoms with Crippen LogP contribution in [0.25, 0.3) is 0 Å². The number of methoxy groups -OCH3 is 1. The smallest absolute Gasteiger partial charge is 0.243 e. The summed E-state index contributed by atoms with van der Waals surface area (Å²) < 4.78 is 30.8. The third-order valence-electron chi connectivity index (χ3n) is 4.07. The normalized spacial score (nSPS) is 12.2. The van der Waals surface area contributed by atoms with Gasteiger partial charge < -0.3 is 10.1 Å². The maximum atomic E-state index is 12.5. The van der Waals surface area contributed by atoms with Crippen LogP contribution in [0.3, 0.4) is 0 Å². The number of hydrogen-bond acceptors (Lipinski definition) is 5. The van der Waals surface area contributed by atoms with E-state index in [1.165, 1.54) is 12.7 Å². The molecule has 152 valence electrons. The molecule has 1 amide bonds. The number of nitrogens with one attached hydrogen (secondary N) is 1. The second kappa shape index (κ2) is 10.4. The number of carbonyl (C=O) groups is 1. The lowest BCUT2D eigenvalue weighted by Gasteiger charge is -2.28. The number of benzene rings is 2. The molecule has 2 rings (SSSR count). The minimum absolute atomic E-state index is 0.332. The summed E-state index contributed by atoms with van der Waals surface area (Å²) in [7, 11) is -2.09. The van der Waals surface area contributed by atoms with E-state index in [4.69, 9.17) is 4.74 Å². The van der Waals surface area contributed by atoms with Gasteiger partial charge in [0.25, 0.3) is 0 Å². The summed E-state index contributed by atoms with van der Waals surface area (Å²) in [6.07, 6.45) is 1.09. The van der Waals surface area contributed by atoms with Crippen molar-refractivity contribution in [2.75, 3.05) is 30.0 Å². The molecule has 2 aromatic carbocycles. The summed E-state index contributed by atoms with van der Waals surface area (Å²) in [6.45, 7) is 2.05. The van der Waals surface area contributed by atoms with Crippen molar-refractivity contribution >= 4 is 33.4 Å². The second-order valence-corrected chi connectivity index (χ2v) is 9.23. The minimum atomic E-state index is -3.63. The van der Waals surface area contributed by atoms with Crippen LogP contribution >= 0.6 is 11.8 Å². The number of amides is 1. The summed E-state index contributed by atoms with van der Waals surface area (Å²) in [5, 5.41) is 2.82. The average Bonchev–Trinajstić information content (AvgIpc) is 2.68. The molecule has 0 aliphatic carbocycles. The fourth-order valence-corrected chi connectivity index (χ4v) is 4.69. The molecule has 0 unspecified atom stereocenters. The van der Waals surface area contributed by atoms with Gasteiger partial charge in [0, 0.05) is 18.1 Å². The Labute approximate surface area is 171 Å². The Morgan fingerprint density at radius 2 is 1.79 bits per heavy atom. The lowest BCUT2D eigenvalue weighted by Crippen LogP contribution is -2.48. The van der Waals surface area contributed by atoms with Crippen LogP contribution < -0.4 is 14.4 Å². The predicted molar refractivity (Wildman–Crippen MR) is 115 cm³/mol. The number of thioether (sulfide) groups is 1. The average molecular weight is 423 g/mol. The van der Waals surface area contributed by atoms with Crippen LogP contribution in [0.4, 0.5) is 5.69 Å². The third kappa shape index (κ3) is 6.45. The number of ether oxygens (including phenoxy) is 1. The highest BCUT2D eigenvalue weighted by atomic mass is 32.2. The lowest BCUT2D eigenvalue weighted by atomic mass is 10.2. The van der Waals surface area contributed by atoms with Crippen LogP contribution in [0.15, 0.2) is 54.6 Å². The van der Waals surface area contributed by atoms with Crippen molar-refractivity contribution in [2.24, 2.45) is 0 Å². The van der Waals surface area contributed by atoms with Crippen molar-refractivity contribution < 1.29 is 17.9 Å². The van der Waals surface area contributed by atoms with E-state index in [9.17, 15) is 13.2 Å². The van der Waals surface area contributed by atoms with Crippen molar-refractivity contribution in [3.8, 4) is 5.75 Å². The van der Waals surface area contributed by atoms with Crippen LogP contribution in [0.2, 0.25) is 0 Å². The quantitative estimate of drug-likeness (QED) is 0.596. The first-order valence-electron chi connectivity index (χ1n) is 8.85. The van der Waals surface area contributed by atoms with Gasteiger partial charge in [0.2, 0.25) is 15.9 Å². The third-order valence-corrected chi connectivity index (χ3v) is 6.34. The maximum Gasteiger partial charge on any atom is 0.243 e. The van der Waals surface area contributed by atoms with E-state index in [0.29, 0.717) is 18.0 Å². The number of nitrogens with zero attached hydrogens (tertiary/aromatic N) is 1. The molecule has 0 saturated heterocycles. The van der Waals surface area contributed by atoms with Crippen LogP contribution in [0, 0.1) is 0 Å². The Balaban J connectivity index is 1.91. The SMILES string of the molecule is COc1ccc(N([C@H](C)C(=O)NCCSCc2ccccc2)S(C)(=O)=O)cc1. The van der Waals surface area contributed by atoms with Gasteiger partial charge in [0.15, 0.2) is 0 Å². The molecular weight excluding hydrogens is 396 g/mol. The van der Waals surface area contributed by atoms with Crippen molar-refractivity contribution in [3.05, 3.63) is 60.2 Å². The molecule has 0 heterocycles. The van der Waals surface area contributed by atoms with Crippen LogP contribution in [0.5, 0.6) is 5.75 Å². The largest absolute Gasteiger partial charge is 0.497 e. The van der Waals surface area contributed by atoms with E-state index >= 15 is 0 Å². The van der Waals surface area contributed by atoms with Gasteiger partial charge in [-0.1, -0.05) is 30.3 Å². The summed E-state index contributed by atoms with van der Waals surface area (Å²) in [5.74, 6) is 1.90. The molecule has 2 aromatic rings. The van der Waals surface area contributed by atoms with Gasteiger partial charge >= 0.3 is 0 Å². The highest BCUT2D eigenvalue weighted by Gasteiger charge is 2.28. The van der Waals surface area contributed by atoms with Crippen molar-refractivity contribution in [1.29, 1.82) is 0 Å². The van der Waals surface area contributed by atoms with Gasteiger partial charge in [-0.15, -0.1) is 0 Å². The van der Waals surface area contributed by atoms with Crippen molar-refractivity contribution in [1.82, 2.24) is 5.32 Å². The molecule has 1 N–H and O–H groups in total. The Morgan fingerprint density at radius 1 is 1.14 bits per heavy atom. The number of carbonyl (C=O) groups excluding carboxylic acids is 1. The highest BCUT2D eigenvalue weighted by molar-refractivity contribution is 7.98. The molecule has 6 nitrogen and oxygen atoms in total. The van der Waals surface area contributed by atoms with Crippen LogP contribution in [-0.2, 0) is 20.6 Å². The van der Waals surface area contributed by atoms with Gasteiger partial charge in [-0.2, -0.15) is 11.8 Å². The van der Waals surface area contributed by atoms with Crippen LogP contribution in [0.1, 0.15) is 12.5 Å². The standard InChI is InChI=1S/C20H26N2O4S2/c1-16(20(23)21-13-14-27-15-17-7-5-4-6-8-17)22(28(3,24)25)18-9-11-19(26-2)12-10-18/h4-12,16H,13-15H2,1-3H3,(H,21,23)/t16-/m1/s1. The van der Waals surface area contributed by atoms with Crippen molar-refractivity contribution in [2.45, 2.75) is 18.7 Å². The Bertz CT molecular complexity index is 856. The molecule has 0 spiro atoms. The summed E-state index contributed by atoms with van der Waals surface area (Å²) in [4.78, 5) is 12.5. The Morgan fingerprint density at radius 3 is 2.36 bits per heavy atom. The zero-order chi connectivity index (χ0) is 20.6. The van der Waals surface area contributed by atoms with Crippen molar-refractivity contribution in [3.63, 3.8) is 0 Å². The monoisotopic (exact) mass is 422 g/mol. The van der Waals surface area contributed by atoms with E-state index < -0.39 is 16.1 Å². The topological polar surface area (TPSA) is 75.7 Å². The van der Waals surface area contributed by atoms with Gasteiger partial charge in [0.1, 0.15) is 11.8 Å². The second-order valence-electron chi connectivity index (χ2n) is 6.26. The van der Waals surface area contributed by atoms with Gasteiger partial charge in [-0.25, -0.2) is 8.42 Å². The number of hydrogen-bond donors (Lipinski definition) is 1. The fourth-order valence-electron chi connectivity index (χ4n) is 2.70. The zero-order valence-electron chi connectivity index (χ0n) is 16.3. The van der Waals surface area contributed by atoms with E-state index in [-0.39, 0.29) is 5.91 Å². The molecule has 0 aromatic heterocycles. The zero-order valence-corrected chi connectivity index (χ0v) is 17.9. The maximum absolute atomic E-state index is 12.5. The molecule has 0 aliphatic heterocycles. The number of sulfonamides is 1. The van der Waals surface area contributed by atoms with E-state index in [1.54, 1.807) is 43.0 Å². The molecule has 28 heavy (non-hydrogen) atoms. The summed E-state index contributed by atoms with van der Waals surface area (Å²) in [5.41, 5.74) is 1.65. The molecule has 1 atom stereocenters. The first-order valence-corrected chi connectivity index (χ1v) is 11.9. The minimum Gasteiger partial charge on any atom is -0.497 e. The van der Waals surface area contributed by atoms with Gasteiger partial charge in [-0.05, 0) is 36.8 Å². The first kappa shape index (κ1) is 22.1. The lowest BCUT2D eigenvalue weighted by molar-refractivity contribution is -0.121. The predicted octanol–water partition coefficient (Wildman–Crippen LogP) is 2.90. The summed E-state index contributed by atoms with van der Waals surface area (Å²) >= 11 is 1.71. The Kier molecular flexibility index (Phi) is 8.19. The van der Waals surface area contributed by atoms with Crippen LogP contribution in [-0.4, -0.2) is 46.0 Å².